The summed E-state index contributed by atoms with van der Waals surface area (Å²) in [6.45, 7) is 0. The molecule has 0 bridgehead atoms. The summed E-state index contributed by atoms with van der Waals surface area (Å²) in [6.07, 6.45) is 4.22. The van der Waals surface area contributed by atoms with Crippen LogP contribution in [0.25, 0.3) is 12.2 Å². The third-order valence-electron chi connectivity index (χ3n) is 3.89. The summed E-state index contributed by atoms with van der Waals surface area (Å²) in [4.78, 5) is 2.26. The molecule has 3 aromatic carbocycles. The van der Waals surface area contributed by atoms with Gasteiger partial charge in [0.2, 0.25) is 0 Å². The molecule has 0 amide bonds. The van der Waals surface area contributed by atoms with Crippen LogP contribution in [0.5, 0.6) is 0 Å². The highest BCUT2D eigenvalue weighted by Gasteiger charge is 2.20. The Morgan fingerprint density at radius 2 is 1.36 bits per heavy atom. The largest absolute Gasteiger partial charge is 0.309 e. The molecule has 0 saturated heterocycles. The summed E-state index contributed by atoms with van der Waals surface area (Å²) in [7, 11) is 0. The molecule has 0 atom stereocenters. The molecule has 0 unspecified atom stereocenters. The standard InChI is InChI=1S/C20H14ClN/c21-18-10-6-12-20-17(18)14-13-15-7-4-5-11-19(15)22(20)16-8-2-1-3-9-16/h1-14H. The normalized spacial score (nSPS) is 12.5. The number of benzene rings is 3. The van der Waals surface area contributed by atoms with Crippen LogP contribution >= 0.6 is 11.6 Å². The molecule has 0 radical (unpaired) electrons. The molecule has 1 heterocycles. The minimum atomic E-state index is 0.766. The van der Waals surface area contributed by atoms with E-state index in [1.165, 1.54) is 5.56 Å². The fourth-order valence-corrected chi connectivity index (χ4v) is 3.11. The second kappa shape index (κ2) is 5.36. The molecule has 0 aromatic heterocycles. The Morgan fingerprint density at radius 1 is 0.636 bits per heavy atom. The molecule has 106 valence electrons. The van der Waals surface area contributed by atoms with Crippen LogP contribution < -0.4 is 4.90 Å². The summed E-state index contributed by atoms with van der Waals surface area (Å²) in [5.41, 5.74) is 5.61. The Kier molecular flexibility index (Phi) is 3.21. The summed E-state index contributed by atoms with van der Waals surface area (Å²) < 4.78 is 0. The number of para-hydroxylation sites is 2. The molecule has 2 heteroatoms. The molecular formula is C20H14ClN. The van der Waals surface area contributed by atoms with Gasteiger partial charge in [-0.1, -0.05) is 66.2 Å². The van der Waals surface area contributed by atoms with E-state index in [0.717, 1.165) is 27.6 Å². The lowest BCUT2D eigenvalue weighted by Crippen LogP contribution is -2.11. The van der Waals surface area contributed by atoms with Gasteiger partial charge >= 0.3 is 0 Å². The zero-order valence-electron chi connectivity index (χ0n) is 11.9. The van der Waals surface area contributed by atoms with Gasteiger partial charge in [0.05, 0.1) is 11.4 Å². The Hall–Kier alpha value is -2.51. The van der Waals surface area contributed by atoms with Crippen LogP contribution in [-0.4, -0.2) is 0 Å². The third-order valence-corrected chi connectivity index (χ3v) is 4.22. The maximum atomic E-state index is 6.43. The highest BCUT2D eigenvalue weighted by Crippen LogP contribution is 2.43. The topological polar surface area (TPSA) is 3.24 Å². The molecule has 1 nitrogen and oxygen atoms in total. The van der Waals surface area contributed by atoms with Gasteiger partial charge in [0.15, 0.2) is 0 Å². The fraction of sp³-hybridized carbons (Fsp3) is 0. The Balaban J connectivity index is 2.04. The van der Waals surface area contributed by atoms with Gasteiger partial charge < -0.3 is 4.90 Å². The zero-order chi connectivity index (χ0) is 14.9. The molecule has 0 fully saturated rings. The van der Waals surface area contributed by atoms with Crippen molar-refractivity contribution < 1.29 is 0 Å². The first kappa shape index (κ1) is 13.2. The summed E-state index contributed by atoms with van der Waals surface area (Å²) in [5.74, 6) is 0. The van der Waals surface area contributed by atoms with Gasteiger partial charge in [0.1, 0.15) is 0 Å². The van der Waals surface area contributed by atoms with Crippen LogP contribution in [0.3, 0.4) is 0 Å². The molecule has 1 aliphatic heterocycles. The SMILES string of the molecule is Clc1cccc2c1C=Cc1ccccc1N2c1ccccc1. The van der Waals surface area contributed by atoms with Gasteiger partial charge in [-0.25, -0.2) is 0 Å². The van der Waals surface area contributed by atoms with Gasteiger partial charge in [0, 0.05) is 16.3 Å². The highest BCUT2D eigenvalue weighted by atomic mass is 35.5. The first-order chi connectivity index (χ1) is 10.8. The van der Waals surface area contributed by atoms with E-state index < -0.39 is 0 Å². The Labute approximate surface area is 135 Å². The molecule has 0 N–H and O–H groups in total. The van der Waals surface area contributed by atoms with Crippen LogP contribution in [0.4, 0.5) is 17.1 Å². The minimum absolute atomic E-state index is 0.766. The molecule has 4 rings (SSSR count). The lowest BCUT2D eigenvalue weighted by Gasteiger charge is -2.27. The molecule has 0 aliphatic carbocycles. The van der Waals surface area contributed by atoms with Crippen LogP contribution in [0.15, 0.2) is 72.8 Å². The lowest BCUT2D eigenvalue weighted by atomic mass is 10.1. The number of hydrogen-bond donors (Lipinski definition) is 0. The van der Waals surface area contributed by atoms with Crippen molar-refractivity contribution >= 4 is 40.8 Å². The maximum absolute atomic E-state index is 6.43. The van der Waals surface area contributed by atoms with Crippen molar-refractivity contribution in [2.24, 2.45) is 0 Å². The van der Waals surface area contributed by atoms with Crippen molar-refractivity contribution in [1.29, 1.82) is 0 Å². The second-order valence-corrected chi connectivity index (χ2v) is 5.64. The second-order valence-electron chi connectivity index (χ2n) is 5.24. The van der Waals surface area contributed by atoms with Crippen LogP contribution in [0, 0.1) is 0 Å². The van der Waals surface area contributed by atoms with Gasteiger partial charge in [-0.2, -0.15) is 0 Å². The monoisotopic (exact) mass is 303 g/mol. The first-order valence-electron chi connectivity index (χ1n) is 7.25. The quantitative estimate of drug-likeness (QED) is 0.399. The molecular weight excluding hydrogens is 290 g/mol. The van der Waals surface area contributed by atoms with Crippen molar-refractivity contribution in [2.75, 3.05) is 4.90 Å². The van der Waals surface area contributed by atoms with E-state index in [1.54, 1.807) is 0 Å². The van der Waals surface area contributed by atoms with Crippen molar-refractivity contribution in [3.8, 4) is 0 Å². The van der Waals surface area contributed by atoms with Crippen molar-refractivity contribution in [3.63, 3.8) is 0 Å². The van der Waals surface area contributed by atoms with E-state index in [9.17, 15) is 0 Å². The van der Waals surface area contributed by atoms with Crippen LogP contribution in [0.1, 0.15) is 11.1 Å². The predicted octanol–water partition coefficient (Wildman–Crippen LogP) is 6.29. The van der Waals surface area contributed by atoms with Crippen molar-refractivity contribution in [3.05, 3.63) is 88.9 Å². The fourth-order valence-electron chi connectivity index (χ4n) is 2.88. The Bertz CT molecular complexity index is 853. The number of fused-ring (bicyclic) bond motifs is 2. The summed E-state index contributed by atoms with van der Waals surface area (Å²) in [5, 5.41) is 0.766. The van der Waals surface area contributed by atoms with Crippen LogP contribution in [-0.2, 0) is 0 Å². The highest BCUT2D eigenvalue weighted by molar-refractivity contribution is 6.33. The van der Waals surface area contributed by atoms with E-state index in [-0.39, 0.29) is 0 Å². The lowest BCUT2D eigenvalue weighted by molar-refractivity contribution is 1.28. The zero-order valence-corrected chi connectivity index (χ0v) is 12.7. The van der Waals surface area contributed by atoms with E-state index >= 15 is 0 Å². The van der Waals surface area contributed by atoms with E-state index in [4.69, 9.17) is 11.6 Å². The van der Waals surface area contributed by atoms with Gasteiger partial charge in [-0.15, -0.1) is 0 Å². The predicted molar refractivity (Wildman–Crippen MR) is 95.1 cm³/mol. The molecule has 0 saturated carbocycles. The van der Waals surface area contributed by atoms with E-state index in [0.29, 0.717) is 0 Å². The van der Waals surface area contributed by atoms with Crippen molar-refractivity contribution in [2.45, 2.75) is 0 Å². The average molecular weight is 304 g/mol. The molecule has 22 heavy (non-hydrogen) atoms. The van der Waals surface area contributed by atoms with E-state index in [2.05, 4.69) is 71.6 Å². The number of nitrogens with zero attached hydrogens (tertiary/aromatic N) is 1. The molecule has 1 aliphatic rings. The van der Waals surface area contributed by atoms with E-state index in [1.807, 2.05) is 18.2 Å². The molecule has 3 aromatic rings. The smallest absolute Gasteiger partial charge is 0.0549 e. The first-order valence-corrected chi connectivity index (χ1v) is 7.63. The summed E-state index contributed by atoms with van der Waals surface area (Å²) in [6, 6.07) is 24.8. The Morgan fingerprint density at radius 3 is 2.23 bits per heavy atom. The third kappa shape index (κ3) is 2.11. The molecule has 0 spiro atoms. The van der Waals surface area contributed by atoms with Gasteiger partial charge in [-0.05, 0) is 35.9 Å². The number of rotatable bonds is 1. The van der Waals surface area contributed by atoms with Crippen LogP contribution in [0.2, 0.25) is 5.02 Å². The summed E-state index contributed by atoms with van der Waals surface area (Å²) >= 11 is 6.43. The van der Waals surface area contributed by atoms with Gasteiger partial charge in [0.25, 0.3) is 0 Å². The number of anilines is 3. The van der Waals surface area contributed by atoms with Crippen molar-refractivity contribution in [1.82, 2.24) is 0 Å². The minimum Gasteiger partial charge on any atom is -0.309 e. The average Bonchev–Trinajstić information content (AvgIpc) is 2.73. The number of hydrogen-bond acceptors (Lipinski definition) is 1. The number of halogens is 1. The van der Waals surface area contributed by atoms with Gasteiger partial charge in [-0.3, -0.25) is 0 Å². The maximum Gasteiger partial charge on any atom is 0.0549 e.